The molecule has 0 aliphatic carbocycles. The number of ether oxygens (including phenoxy) is 1. The maximum atomic E-state index is 11.8. The summed E-state index contributed by atoms with van der Waals surface area (Å²) in [6.45, 7) is 6.18. The molecule has 0 aromatic heterocycles. The Bertz CT molecular complexity index is 251. The predicted molar refractivity (Wildman–Crippen MR) is 66.4 cm³/mol. The van der Waals surface area contributed by atoms with Crippen molar-refractivity contribution in [3.63, 3.8) is 0 Å². The van der Waals surface area contributed by atoms with Crippen LogP contribution in [0.3, 0.4) is 0 Å². The molecule has 0 bridgehead atoms. The molecule has 1 N–H and O–H groups in total. The SMILES string of the molecule is CCCN(CC#N)C(C)C(=O)NCCCOC. The van der Waals surface area contributed by atoms with Crippen LogP contribution in [0.5, 0.6) is 0 Å². The van der Waals surface area contributed by atoms with E-state index in [4.69, 9.17) is 10.00 Å². The smallest absolute Gasteiger partial charge is 0.237 e. The van der Waals surface area contributed by atoms with Crippen LogP contribution in [-0.4, -0.2) is 50.2 Å². The van der Waals surface area contributed by atoms with E-state index < -0.39 is 0 Å². The van der Waals surface area contributed by atoms with Gasteiger partial charge in [-0.2, -0.15) is 5.26 Å². The second kappa shape index (κ2) is 10.1. The van der Waals surface area contributed by atoms with Crippen molar-refractivity contribution in [2.24, 2.45) is 0 Å². The molecule has 0 rings (SSSR count). The highest BCUT2D eigenvalue weighted by Crippen LogP contribution is 2.00. The zero-order valence-corrected chi connectivity index (χ0v) is 11.0. The highest BCUT2D eigenvalue weighted by atomic mass is 16.5. The summed E-state index contributed by atoms with van der Waals surface area (Å²) in [5, 5.41) is 11.5. The number of carbonyl (C=O) groups is 1. The molecule has 0 spiro atoms. The molecule has 5 nitrogen and oxygen atoms in total. The molecule has 0 radical (unpaired) electrons. The van der Waals surface area contributed by atoms with E-state index in [0.29, 0.717) is 19.7 Å². The Labute approximate surface area is 104 Å². The van der Waals surface area contributed by atoms with Crippen molar-refractivity contribution in [3.8, 4) is 6.07 Å². The average Bonchev–Trinajstić information content (AvgIpc) is 2.33. The molecular formula is C12H23N3O2. The number of nitrogens with one attached hydrogen (secondary N) is 1. The van der Waals surface area contributed by atoms with E-state index in [0.717, 1.165) is 19.4 Å². The third-order valence-electron chi connectivity index (χ3n) is 2.54. The second-order valence-corrected chi connectivity index (χ2v) is 3.94. The summed E-state index contributed by atoms with van der Waals surface area (Å²) < 4.78 is 4.90. The summed E-state index contributed by atoms with van der Waals surface area (Å²) in [6, 6.07) is 1.84. The van der Waals surface area contributed by atoms with Gasteiger partial charge in [-0.25, -0.2) is 0 Å². The standard InChI is InChI=1S/C12H23N3O2/c1-4-8-15(9-6-13)11(2)12(16)14-7-5-10-17-3/h11H,4-5,7-10H2,1-3H3,(H,14,16). The molecule has 0 aromatic rings. The number of hydrogen-bond donors (Lipinski definition) is 1. The number of rotatable bonds is 9. The lowest BCUT2D eigenvalue weighted by atomic mass is 10.2. The summed E-state index contributed by atoms with van der Waals surface area (Å²) in [6.07, 6.45) is 1.74. The van der Waals surface area contributed by atoms with Gasteiger partial charge in [0, 0.05) is 20.3 Å². The number of methoxy groups -OCH3 is 1. The van der Waals surface area contributed by atoms with Gasteiger partial charge in [0.05, 0.1) is 18.7 Å². The van der Waals surface area contributed by atoms with Crippen LogP contribution in [0.4, 0.5) is 0 Å². The van der Waals surface area contributed by atoms with Crippen molar-refractivity contribution in [1.29, 1.82) is 5.26 Å². The summed E-state index contributed by atoms with van der Waals surface area (Å²) in [7, 11) is 1.64. The van der Waals surface area contributed by atoms with Crippen LogP contribution in [-0.2, 0) is 9.53 Å². The lowest BCUT2D eigenvalue weighted by Gasteiger charge is -2.25. The van der Waals surface area contributed by atoms with Crippen LogP contribution in [0.1, 0.15) is 26.7 Å². The topological polar surface area (TPSA) is 65.4 Å². The third-order valence-corrected chi connectivity index (χ3v) is 2.54. The molecule has 1 unspecified atom stereocenters. The van der Waals surface area contributed by atoms with Crippen molar-refractivity contribution in [2.75, 3.05) is 33.4 Å². The Kier molecular flexibility index (Phi) is 9.40. The molecule has 0 saturated heterocycles. The van der Waals surface area contributed by atoms with Crippen molar-refractivity contribution >= 4 is 5.91 Å². The number of amides is 1. The van der Waals surface area contributed by atoms with E-state index in [1.807, 2.05) is 18.7 Å². The molecule has 17 heavy (non-hydrogen) atoms. The van der Waals surface area contributed by atoms with Crippen LogP contribution >= 0.6 is 0 Å². The molecule has 0 saturated carbocycles. The zero-order valence-electron chi connectivity index (χ0n) is 11.0. The fourth-order valence-electron chi connectivity index (χ4n) is 1.53. The lowest BCUT2D eigenvalue weighted by Crippen LogP contribution is -2.46. The molecule has 1 atom stereocenters. The summed E-state index contributed by atoms with van der Waals surface area (Å²) in [5.74, 6) is -0.0233. The first kappa shape index (κ1) is 15.9. The molecule has 98 valence electrons. The molecule has 5 heteroatoms. The van der Waals surface area contributed by atoms with Crippen molar-refractivity contribution < 1.29 is 9.53 Å². The van der Waals surface area contributed by atoms with Crippen molar-refractivity contribution in [2.45, 2.75) is 32.7 Å². The average molecular weight is 241 g/mol. The largest absolute Gasteiger partial charge is 0.385 e. The first-order valence-electron chi connectivity index (χ1n) is 6.05. The van der Waals surface area contributed by atoms with Crippen LogP contribution in [0.25, 0.3) is 0 Å². The number of nitrogens with zero attached hydrogens (tertiary/aromatic N) is 2. The van der Waals surface area contributed by atoms with Crippen LogP contribution in [0, 0.1) is 11.3 Å². The van der Waals surface area contributed by atoms with Crippen LogP contribution in [0.15, 0.2) is 0 Å². The minimum atomic E-state index is -0.253. The Morgan fingerprint density at radius 1 is 1.59 bits per heavy atom. The summed E-state index contributed by atoms with van der Waals surface area (Å²) in [5.41, 5.74) is 0. The van der Waals surface area contributed by atoms with Crippen LogP contribution < -0.4 is 5.32 Å². The molecule has 1 amide bonds. The number of nitriles is 1. The van der Waals surface area contributed by atoms with Crippen molar-refractivity contribution in [3.05, 3.63) is 0 Å². The van der Waals surface area contributed by atoms with Gasteiger partial charge in [0.2, 0.25) is 5.91 Å². The van der Waals surface area contributed by atoms with Crippen LogP contribution in [0.2, 0.25) is 0 Å². The maximum Gasteiger partial charge on any atom is 0.237 e. The van der Waals surface area contributed by atoms with E-state index in [2.05, 4.69) is 11.4 Å². The first-order valence-corrected chi connectivity index (χ1v) is 6.05. The molecular weight excluding hydrogens is 218 g/mol. The highest BCUT2D eigenvalue weighted by molar-refractivity contribution is 5.81. The highest BCUT2D eigenvalue weighted by Gasteiger charge is 2.19. The minimum absolute atomic E-state index is 0.0233. The quantitative estimate of drug-likeness (QED) is 0.478. The van der Waals surface area contributed by atoms with Gasteiger partial charge < -0.3 is 10.1 Å². The molecule has 0 aliphatic rings. The van der Waals surface area contributed by atoms with Gasteiger partial charge >= 0.3 is 0 Å². The number of hydrogen-bond acceptors (Lipinski definition) is 4. The van der Waals surface area contributed by atoms with E-state index in [-0.39, 0.29) is 11.9 Å². The fraction of sp³-hybridized carbons (Fsp3) is 0.833. The normalized spacial score (nSPS) is 12.2. The zero-order chi connectivity index (χ0) is 13.1. The Hall–Kier alpha value is -1.12. The van der Waals surface area contributed by atoms with E-state index in [9.17, 15) is 4.79 Å². The molecule has 0 aliphatic heterocycles. The molecule has 0 aromatic carbocycles. The monoisotopic (exact) mass is 241 g/mol. The van der Waals surface area contributed by atoms with Gasteiger partial charge in [0.15, 0.2) is 0 Å². The van der Waals surface area contributed by atoms with Gasteiger partial charge in [0.25, 0.3) is 0 Å². The predicted octanol–water partition coefficient (Wildman–Crippen LogP) is 0.763. The lowest BCUT2D eigenvalue weighted by molar-refractivity contribution is -0.125. The Balaban J connectivity index is 4.02. The third kappa shape index (κ3) is 6.93. The van der Waals surface area contributed by atoms with Crippen molar-refractivity contribution in [1.82, 2.24) is 10.2 Å². The van der Waals surface area contributed by atoms with Gasteiger partial charge in [0.1, 0.15) is 0 Å². The van der Waals surface area contributed by atoms with Gasteiger partial charge in [-0.15, -0.1) is 0 Å². The van der Waals surface area contributed by atoms with E-state index in [1.165, 1.54) is 0 Å². The minimum Gasteiger partial charge on any atom is -0.385 e. The Morgan fingerprint density at radius 2 is 2.29 bits per heavy atom. The molecule has 0 fully saturated rings. The first-order chi connectivity index (χ1) is 8.17. The maximum absolute atomic E-state index is 11.8. The van der Waals surface area contributed by atoms with E-state index >= 15 is 0 Å². The summed E-state index contributed by atoms with van der Waals surface area (Å²) in [4.78, 5) is 13.7. The van der Waals surface area contributed by atoms with E-state index in [1.54, 1.807) is 7.11 Å². The second-order valence-electron chi connectivity index (χ2n) is 3.94. The van der Waals surface area contributed by atoms with Gasteiger partial charge in [-0.1, -0.05) is 6.92 Å². The Morgan fingerprint density at radius 3 is 2.82 bits per heavy atom. The van der Waals surface area contributed by atoms with Gasteiger partial charge in [-0.3, -0.25) is 9.69 Å². The molecule has 0 heterocycles. The number of carbonyl (C=O) groups excluding carboxylic acids is 1. The summed E-state index contributed by atoms with van der Waals surface area (Å²) >= 11 is 0. The van der Waals surface area contributed by atoms with Gasteiger partial charge in [-0.05, 0) is 26.3 Å². The fourth-order valence-corrected chi connectivity index (χ4v) is 1.53.